The Bertz CT molecular complexity index is 894. The minimum absolute atomic E-state index is 0.0288. The van der Waals surface area contributed by atoms with Gasteiger partial charge in [0.05, 0.1) is 11.1 Å². The van der Waals surface area contributed by atoms with Crippen molar-refractivity contribution in [1.29, 1.82) is 0 Å². The largest absolute Gasteiger partial charge is 0.507 e. The van der Waals surface area contributed by atoms with Gasteiger partial charge >= 0.3 is 0 Å². The van der Waals surface area contributed by atoms with Crippen molar-refractivity contribution in [3.63, 3.8) is 0 Å². The van der Waals surface area contributed by atoms with Crippen molar-refractivity contribution in [3.05, 3.63) is 63.7 Å². The SMILES string of the molecule is CCc1ccc(NC(=O)CCC(=O)N/N=C\c2cc([N+](=O)[O-])ccc2O)cc1. The fourth-order valence-corrected chi connectivity index (χ4v) is 2.26. The molecule has 0 atom stereocenters. The van der Waals surface area contributed by atoms with E-state index in [1.165, 1.54) is 6.07 Å². The first-order chi connectivity index (χ1) is 13.4. The van der Waals surface area contributed by atoms with Gasteiger partial charge in [0.25, 0.3) is 5.69 Å². The third kappa shape index (κ3) is 6.20. The summed E-state index contributed by atoms with van der Waals surface area (Å²) in [7, 11) is 0. The van der Waals surface area contributed by atoms with Gasteiger partial charge in [0, 0.05) is 36.2 Å². The molecule has 0 saturated heterocycles. The number of nitrogens with one attached hydrogen (secondary N) is 2. The summed E-state index contributed by atoms with van der Waals surface area (Å²) in [4.78, 5) is 33.8. The van der Waals surface area contributed by atoms with Gasteiger partial charge in [-0.2, -0.15) is 5.10 Å². The predicted octanol–water partition coefficient (Wildman–Crippen LogP) is 2.73. The quantitative estimate of drug-likeness (QED) is 0.365. The van der Waals surface area contributed by atoms with E-state index in [-0.39, 0.29) is 35.7 Å². The zero-order valence-electron chi connectivity index (χ0n) is 15.2. The molecule has 0 saturated carbocycles. The van der Waals surface area contributed by atoms with Crippen molar-refractivity contribution in [2.24, 2.45) is 5.10 Å². The highest BCUT2D eigenvalue weighted by molar-refractivity contribution is 5.93. The van der Waals surface area contributed by atoms with E-state index in [1.54, 1.807) is 12.1 Å². The van der Waals surface area contributed by atoms with Crippen molar-refractivity contribution in [2.75, 3.05) is 5.32 Å². The Labute approximate surface area is 161 Å². The number of nitro benzene ring substituents is 1. The van der Waals surface area contributed by atoms with Crippen LogP contribution in [0.4, 0.5) is 11.4 Å². The summed E-state index contributed by atoms with van der Waals surface area (Å²) in [5.41, 5.74) is 3.89. The summed E-state index contributed by atoms with van der Waals surface area (Å²) in [5.74, 6) is -1.02. The van der Waals surface area contributed by atoms with Crippen LogP contribution in [0.15, 0.2) is 47.6 Å². The molecular formula is C19H20N4O5. The molecule has 9 nitrogen and oxygen atoms in total. The lowest BCUT2D eigenvalue weighted by atomic mass is 10.1. The number of amides is 2. The molecule has 0 aliphatic rings. The van der Waals surface area contributed by atoms with E-state index in [9.17, 15) is 24.8 Å². The second-order valence-electron chi connectivity index (χ2n) is 5.89. The highest BCUT2D eigenvalue weighted by Gasteiger charge is 2.09. The highest BCUT2D eigenvalue weighted by atomic mass is 16.6. The van der Waals surface area contributed by atoms with Crippen LogP contribution >= 0.6 is 0 Å². The summed E-state index contributed by atoms with van der Waals surface area (Å²) in [6, 6.07) is 10.9. The standard InChI is InChI=1S/C19H20N4O5/c1-2-13-3-5-15(6-4-13)21-18(25)9-10-19(26)22-20-12-14-11-16(23(27)28)7-8-17(14)24/h3-8,11-12,24H,2,9-10H2,1H3,(H,21,25)(H,22,26)/b20-12-. The number of nitrogens with zero attached hydrogens (tertiary/aromatic N) is 2. The first-order valence-corrected chi connectivity index (χ1v) is 8.57. The van der Waals surface area contributed by atoms with Crippen LogP contribution in [-0.4, -0.2) is 28.1 Å². The number of non-ortho nitro benzene ring substituents is 1. The van der Waals surface area contributed by atoms with Crippen LogP contribution in [0.25, 0.3) is 0 Å². The lowest BCUT2D eigenvalue weighted by Crippen LogP contribution is -2.20. The molecule has 0 heterocycles. The Morgan fingerprint density at radius 2 is 1.82 bits per heavy atom. The molecule has 0 unspecified atom stereocenters. The summed E-state index contributed by atoms with van der Waals surface area (Å²) in [5, 5.41) is 26.7. The predicted molar refractivity (Wildman–Crippen MR) is 104 cm³/mol. The van der Waals surface area contributed by atoms with Gasteiger partial charge in [0.15, 0.2) is 0 Å². The average molecular weight is 384 g/mol. The summed E-state index contributed by atoms with van der Waals surface area (Å²) < 4.78 is 0. The van der Waals surface area contributed by atoms with E-state index in [1.807, 2.05) is 19.1 Å². The van der Waals surface area contributed by atoms with Crippen LogP contribution in [-0.2, 0) is 16.0 Å². The molecule has 0 radical (unpaired) electrons. The maximum atomic E-state index is 11.9. The first-order valence-electron chi connectivity index (χ1n) is 8.57. The third-order valence-electron chi connectivity index (χ3n) is 3.84. The summed E-state index contributed by atoms with van der Waals surface area (Å²) >= 11 is 0. The highest BCUT2D eigenvalue weighted by Crippen LogP contribution is 2.21. The normalized spacial score (nSPS) is 10.6. The van der Waals surface area contributed by atoms with Gasteiger partial charge in [-0.1, -0.05) is 19.1 Å². The van der Waals surface area contributed by atoms with E-state index in [4.69, 9.17) is 0 Å². The van der Waals surface area contributed by atoms with Crippen LogP contribution < -0.4 is 10.7 Å². The number of phenols is 1. The molecular weight excluding hydrogens is 364 g/mol. The lowest BCUT2D eigenvalue weighted by Gasteiger charge is -2.05. The molecule has 2 aromatic rings. The Balaban J connectivity index is 1.80. The number of phenolic OH excluding ortho intramolecular Hbond substituents is 1. The van der Waals surface area contributed by atoms with E-state index in [0.29, 0.717) is 5.69 Å². The lowest BCUT2D eigenvalue weighted by molar-refractivity contribution is -0.384. The fraction of sp³-hybridized carbons (Fsp3) is 0.211. The van der Waals surface area contributed by atoms with Gasteiger partial charge in [0.1, 0.15) is 5.75 Å². The Kier molecular flexibility index (Phi) is 7.21. The number of aromatic hydroxyl groups is 1. The molecule has 0 spiro atoms. The Morgan fingerprint density at radius 1 is 1.14 bits per heavy atom. The molecule has 2 rings (SSSR count). The number of hydrazone groups is 1. The molecule has 0 aliphatic carbocycles. The maximum absolute atomic E-state index is 11.9. The monoisotopic (exact) mass is 384 g/mol. The number of aryl methyl sites for hydroxylation is 1. The van der Waals surface area contributed by atoms with Crippen molar-refractivity contribution >= 4 is 29.4 Å². The number of carbonyl (C=O) groups excluding carboxylic acids is 2. The van der Waals surface area contributed by atoms with E-state index in [2.05, 4.69) is 15.8 Å². The first kappa shape index (κ1) is 20.6. The maximum Gasteiger partial charge on any atom is 0.270 e. The molecule has 146 valence electrons. The van der Waals surface area contributed by atoms with Crippen molar-refractivity contribution in [3.8, 4) is 5.75 Å². The second kappa shape index (κ2) is 9.81. The van der Waals surface area contributed by atoms with Crippen LogP contribution in [0.2, 0.25) is 0 Å². The molecule has 0 bridgehead atoms. The van der Waals surface area contributed by atoms with Crippen molar-refractivity contribution in [1.82, 2.24) is 5.43 Å². The van der Waals surface area contributed by atoms with Crippen molar-refractivity contribution in [2.45, 2.75) is 26.2 Å². The molecule has 0 fully saturated rings. The number of hydrogen-bond donors (Lipinski definition) is 3. The summed E-state index contributed by atoms with van der Waals surface area (Å²) in [6.07, 6.45) is 1.88. The number of nitro groups is 1. The van der Waals surface area contributed by atoms with Gasteiger partial charge in [-0.15, -0.1) is 0 Å². The smallest absolute Gasteiger partial charge is 0.270 e. The number of benzene rings is 2. The van der Waals surface area contributed by atoms with Gasteiger partial charge in [0.2, 0.25) is 11.8 Å². The summed E-state index contributed by atoms with van der Waals surface area (Å²) in [6.45, 7) is 2.04. The molecule has 0 aliphatic heterocycles. The Hall–Kier alpha value is -3.75. The van der Waals surface area contributed by atoms with Gasteiger partial charge in [-0.05, 0) is 30.2 Å². The number of carbonyl (C=O) groups is 2. The number of anilines is 1. The molecule has 9 heteroatoms. The number of rotatable bonds is 8. The fourth-order valence-electron chi connectivity index (χ4n) is 2.26. The van der Waals surface area contributed by atoms with Crippen molar-refractivity contribution < 1.29 is 19.6 Å². The zero-order chi connectivity index (χ0) is 20.5. The van der Waals surface area contributed by atoms with E-state index in [0.717, 1.165) is 30.3 Å². The zero-order valence-corrected chi connectivity index (χ0v) is 15.2. The van der Waals surface area contributed by atoms with Gasteiger partial charge in [-0.25, -0.2) is 5.43 Å². The molecule has 3 N–H and O–H groups in total. The van der Waals surface area contributed by atoms with Crippen LogP contribution in [0.1, 0.15) is 30.9 Å². The van der Waals surface area contributed by atoms with Gasteiger partial charge < -0.3 is 10.4 Å². The van der Waals surface area contributed by atoms with Gasteiger partial charge in [-0.3, -0.25) is 19.7 Å². The molecule has 28 heavy (non-hydrogen) atoms. The van der Waals surface area contributed by atoms with E-state index < -0.39 is 10.8 Å². The second-order valence-corrected chi connectivity index (χ2v) is 5.89. The topological polar surface area (TPSA) is 134 Å². The average Bonchev–Trinajstić information content (AvgIpc) is 2.68. The van der Waals surface area contributed by atoms with Crippen LogP contribution in [0.3, 0.4) is 0 Å². The third-order valence-corrected chi connectivity index (χ3v) is 3.84. The Morgan fingerprint density at radius 3 is 2.46 bits per heavy atom. The molecule has 2 amide bonds. The van der Waals surface area contributed by atoms with Crippen LogP contribution in [0, 0.1) is 10.1 Å². The number of hydrogen-bond acceptors (Lipinski definition) is 6. The molecule has 0 aromatic heterocycles. The van der Waals surface area contributed by atoms with E-state index >= 15 is 0 Å². The minimum Gasteiger partial charge on any atom is -0.507 e. The minimum atomic E-state index is -0.607. The van der Waals surface area contributed by atoms with Crippen LogP contribution in [0.5, 0.6) is 5.75 Å². The molecule has 2 aromatic carbocycles.